The molecule has 4 rings (SSSR count). The van der Waals surface area contributed by atoms with Crippen LogP contribution in [-0.4, -0.2) is 60.9 Å². The van der Waals surface area contributed by atoms with Gasteiger partial charge in [-0.05, 0) is 39.1 Å². The van der Waals surface area contributed by atoms with Crippen LogP contribution in [0.3, 0.4) is 0 Å². The third kappa shape index (κ3) is 3.03. The summed E-state index contributed by atoms with van der Waals surface area (Å²) in [6.45, 7) is 1.43. The zero-order chi connectivity index (χ0) is 18.1. The Morgan fingerprint density at radius 3 is 3.04 bits per heavy atom. The molecule has 0 N–H and O–H groups in total. The molecule has 0 aliphatic carbocycles. The maximum Gasteiger partial charge on any atom is 0.259 e. The van der Waals surface area contributed by atoms with E-state index in [1.54, 1.807) is 35.4 Å². The highest BCUT2D eigenvalue weighted by molar-refractivity contribution is 5.99. The van der Waals surface area contributed by atoms with Crippen molar-refractivity contribution in [2.24, 2.45) is 0 Å². The Hall–Kier alpha value is -2.87. The van der Waals surface area contributed by atoms with Crippen molar-refractivity contribution >= 4 is 11.6 Å². The second-order valence-corrected chi connectivity index (χ2v) is 6.75. The van der Waals surface area contributed by atoms with Crippen molar-refractivity contribution < 1.29 is 4.79 Å². The lowest BCUT2D eigenvalue weighted by Crippen LogP contribution is -2.31. The molecule has 0 aromatic carbocycles. The van der Waals surface area contributed by atoms with E-state index in [4.69, 9.17) is 0 Å². The molecular formula is C18H21N7O. The lowest BCUT2D eigenvalue weighted by Gasteiger charge is -2.23. The topological polar surface area (TPSA) is 79.5 Å². The number of fused-ring (bicyclic) bond motifs is 1. The molecule has 3 aromatic heterocycles. The van der Waals surface area contributed by atoms with Crippen LogP contribution in [0.25, 0.3) is 5.65 Å². The summed E-state index contributed by atoms with van der Waals surface area (Å²) in [7, 11) is 4.01. The maximum absolute atomic E-state index is 13.1. The van der Waals surface area contributed by atoms with E-state index in [0.29, 0.717) is 23.6 Å². The summed E-state index contributed by atoms with van der Waals surface area (Å²) in [5, 5.41) is 4.23. The van der Waals surface area contributed by atoms with Gasteiger partial charge in [0.15, 0.2) is 11.5 Å². The summed E-state index contributed by atoms with van der Waals surface area (Å²) in [5.41, 5.74) is 2.05. The quantitative estimate of drug-likeness (QED) is 0.710. The monoisotopic (exact) mass is 351 g/mol. The first-order chi connectivity index (χ1) is 12.6. The lowest BCUT2D eigenvalue weighted by atomic mass is 10.2. The van der Waals surface area contributed by atoms with Gasteiger partial charge < -0.3 is 9.80 Å². The molecule has 1 amide bonds. The Labute approximate surface area is 151 Å². The number of carbonyl (C=O) groups excluding carboxylic acids is 1. The number of nitrogens with zero attached hydrogens (tertiary/aromatic N) is 7. The molecule has 0 radical (unpaired) electrons. The van der Waals surface area contributed by atoms with Gasteiger partial charge in [0.25, 0.3) is 5.91 Å². The van der Waals surface area contributed by atoms with Crippen molar-refractivity contribution in [2.75, 3.05) is 20.6 Å². The van der Waals surface area contributed by atoms with Crippen LogP contribution in [0.4, 0.5) is 0 Å². The van der Waals surface area contributed by atoms with Crippen LogP contribution in [0.2, 0.25) is 0 Å². The molecule has 1 aliphatic rings. The molecule has 134 valence electrons. The highest BCUT2D eigenvalue weighted by Gasteiger charge is 2.34. The van der Waals surface area contributed by atoms with E-state index in [1.165, 1.54) is 0 Å². The first-order valence-corrected chi connectivity index (χ1v) is 8.69. The van der Waals surface area contributed by atoms with Gasteiger partial charge in [0.05, 0.1) is 17.9 Å². The summed E-state index contributed by atoms with van der Waals surface area (Å²) in [6.07, 6.45) is 8.62. The fourth-order valence-electron chi connectivity index (χ4n) is 3.40. The molecule has 1 saturated heterocycles. The number of aromatic nitrogens is 5. The summed E-state index contributed by atoms with van der Waals surface area (Å²) in [4.78, 5) is 30.5. The van der Waals surface area contributed by atoms with Crippen LogP contribution in [0.15, 0.2) is 36.9 Å². The molecule has 1 atom stereocenters. The molecule has 0 unspecified atom stereocenters. The Morgan fingerprint density at radius 2 is 2.19 bits per heavy atom. The average molecular weight is 351 g/mol. The number of rotatable bonds is 4. The summed E-state index contributed by atoms with van der Waals surface area (Å²) >= 11 is 0. The summed E-state index contributed by atoms with van der Waals surface area (Å²) in [6, 6.07) is 3.60. The molecular weight excluding hydrogens is 330 g/mol. The van der Waals surface area contributed by atoms with Crippen molar-refractivity contribution in [1.82, 2.24) is 34.4 Å². The van der Waals surface area contributed by atoms with Gasteiger partial charge >= 0.3 is 0 Å². The van der Waals surface area contributed by atoms with Gasteiger partial charge in [-0.15, -0.1) is 0 Å². The smallest absolute Gasteiger partial charge is 0.259 e. The highest BCUT2D eigenvalue weighted by Crippen LogP contribution is 2.31. The first-order valence-electron chi connectivity index (χ1n) is 8.69. The van der Waals surface area contributed by atoms with Crippen LogP contribution in [-0.2, 0) is 6.54 Å². The molecule has 1 fully saturated rings. The first kappa shape index (κ1) is 16.6. The van der Waals surface area contributed by atoms with E-state index < -0.39 is 0 Å². The van der Waals surface area contributed by atoms with Crippen LogP contribution < -0.4 is 0 Å². The molecule has 0 bridgehead atoms. The third-order valence-corrected chi connectivity index (χ3v) is 4.53. The van der Waals surface area contributed by atoms with E-state index in [-0.39, 0.29) is 11.9 Å². The minimum Gasteiger partial charge on any atom is -0.328 e. The standard InChI is InChI=1S/C18H21N7O/c1-23(2)12-13-6-8-19-16(22-13)15-5-3-9-24(15)18(26)14-11-21-25-10-4-7-20-17(14)25/h4,6-8,10-11,15H,3,5,9,12H2,1-2H3/t15-/m0/s1. The number of hydrogen-bond donors (Lipinski definition) is 0. The van der Waals surface area contributed by atoms with Gasteiger partial charge in [-0.1, -0.05) is 0 Å². The zero-order valence-electron chi connectivity index (χ0n) is 14.9. The van der Waals surface area contributed by atoms with E-state index in [2.05, 4.69) is 25.0 Å². The SMILES string of the molecule is CN(C)Cc1ccnc([C@@H]2CCCN2C(=O)c2cnn3cccnc23)n1. The maximum atomic E-state index is 13.1. The van der Waals surface area contributed by atoms with Gasteiger partial charge in [0.2, 0.25) is 0 Å². The van der Waals surface area contributed by atoms with E-state index in [9.17, 15) is 4.79 Å². The van der Waals surface area contributed by atoms with Gasteiger partial charge in [-0.3, -0.25) is 4.79 Å². The largest absolute Gasteiger partial charge is 0.328 e. The fourth-order valence-corrected chi connectivity index (χ4v) is 3.40. The molecule has 1 aliphatic heterocycles. The normalized spacial score (nSPS) is 17.3. The second kappa shape index (κ2) is 6.80. The molecule has 8 heteroatoms. The molecule has 4 heterocycles. The second-order valence-electron chi connectivity index (χ2n) is 6.75. The van der Waals surface area contributed by atoms with Crippen molar-refractivity contribution in [3.63, 3.8) is 0 Å². The number of likely N-dealkylation sites (tertiary alicyclic amines) is 1. The average Bonchev–Trinajstić information content (AvgIpc) is 3.28. The molecule has 26 heavy (non-hydrogen) atoms. The fraction of sp³-hybridized carbons (Fsp3) is 0.389. The minimum atomic E-state index is -0.108. The van der Waals surface area contributed by atoms with Crippen LogP contribution in [0, 0.1) is 0 Å². The number of amides is 1. The summed E-state index contributed by atoms with van der Waals surface area (Å²) < 4.78 is 1.62. The van der Waals surface area contributed by atoms with Gasteiger partial charge in [0.1, 0.15) is 5.56 Å². The van der Waals surface area contributed by atoms with Crippen LogP contribution in [0.1, 0.15) is 40.8 Å². The van der Waals surface area contributed by atoms with Crippen LogP contribution in [0.5, 0.6) is 0 Å². The molecule has 8 nitrogen and oxygen atoms in total. The van der Waals surface area contributed by atoms with Crippen molar-refractivity contribution in [1.29, 1.82) is 0 Å². The Morgan fingerprint density at radius 1 is 1.31 bits per heavy atom. The highest BCUT2D eigenvalue weighted by atomic mass is 16.2. The third-order valence-electron chi connectivity index (χ3n) is 4.53. The minimum absolute atomic E-state index is 0.0668. The van der Waals surface area contributed by atoms with E-state index >= 15 is 0 Å². The van der Waals surface area contributed by atoms with Gasteiger partial charge in [0, 0.05) is 31.7 Å². The Bertz CT molecular complexity index is 936. The zero-order valence-corrected chi connectivity index (χ0v) is 14.9. The molecule has 0 spiro atoms. The molecule has 3 aromatic rings. The van der Waals surface area contributed by atoms with Crippen molar-refractivity contribution in [2.45, 2.75) is 25.4 Å². The van der Waals surface area contributed by atoms with E-state index in [1.807, 2.05) is 25.1 Å². The van der Waals surface area contributed by atoms with Gasteiger partial charge in [-0.25, -0.2) is 19.5 Å². The Balaban J connectivity index is 1.63. The van der Waals surface area contributed by atoms with E-state index in [0.717, 1.165) is 25.1 Å². The lowest BCUT2D eigenvalue weighted by molar-refractivity contribution is 0.0731. The Kier molecular flexibility index (Phi) is 4.34. The predicted octanol–water partition coefficient (Wildman–Crippen LogP) is 1.56. The van der Waals surface area contributed by atoms with Crippen LogP contribution >= 0.6 is 0 Å². The number of hydrogen-bond acceptors (Lipinski definition) is 6. The number of carbonyl (C=O) groups is 1. The van der Waals surface area contributed by atoms with Crippen molar-refractivity contribution in [3.8, 4) is 0 Å². The van der Waals surface area contributed by atoms with Crippen molar-refractivity contribution in [3.05, 3.63) is 54.0 Å². The predicted molar refractivity (Wildman–Crippen MR) is 95.4 cm³/mol. The summed E-state index contributed by atoms with van der Waals surface area (Å²) in [5.74, 6) is 0.641. The molecule has 0 saturated carbocycles. The van der Waals surface area contributed by atoms with Gasteiger partial charge in [-0.2, -0.15) is 5.10 Å².